The monoisotopic (exact) mass is 452 g/mol. The molecule has 2 N–H and O–H groups in total. The molecule has 180 valence electrons. The molecular weight excluding hydrogens is 416 g/mol. The molecule has 0 aromatic rings. The zero-order valence-corrected chi connectivity index (χ0v) is 20.1. The number of rotatable bonds is 3. The van der Waals surface area contributed by atoms with E-state index in [2.05, 4.69) is 6.58 Å². The van der Waals surface area contributed by atoms with Crippen LogP contribution in [0.15, 0.2) is 12.7 Å². The molecule has 32 heavy (non-hydrogen) atoms. The molecule has 1 aliphatic heterocycles. The Labute approximate surface area is 189 Å². The van der Waals surface area contributed by atoms with Crippen molar-refractivity contribution in [1.29, 1.82) is 0 Å². The molecule has 0 unspecified atom stereocenters. The van der Waals surface area contributed by atoms with Crippen LogP contribution in [0, 0.1) is 16.7 Å². The van der Waals surface area contributed by atoms with Gasteiger partial charge in [-0.1, -0.05) is 26.8 Å². The number of aliphatic hydroxyl groups is 2. The summed E-state index contributed by atoms with van der Waals surface area (Å²) in [5.41, 5.74) is -7.21. The number of hydrogen-bond donors (Lipinski definition) is 2. The summed E-state index contributed by atoms with van der Waals surface area (Å²) in [5, 5.41) is 23.6. The lowest BCUT2D eigenvalue weighted by Crippen LogP contribution is -2.87. The van der Waals surface area contributed by atoms with E-state index in [1.54, 1.807) is 13.8 Å². The van der Waals surface area contributed by atoms with E-state index in [9.17, 15) is 24.6 Å². The van der Waals surface area contributed by atoms with Crippen LogP contribution in [0.25, 0.3) is 0 Å². The highest BCUT2D eigenvalue weighted by Gasteiger charge is 2.82. The molecule has 0 radical (unpaired) electrons. The van der Waals surface area contributed by atoms with Crippen LogP contribution in [-0.4, -0.2) is 63.0 Å². The Balaban J connectivity index is 2.39. The van der Waals surface area contributed by atoms with Gasteiger partial charge in [-0.3, -0.25) is 14.4 Å². The molecule has 0 spiro atoms. The highest BCUT2D eigenvalue weighted by atomic mass is 16.6. The van der Waals surface area contributed by atoms with Gasteiger partial charge < -0.3 is 24.4 Å². The van der Waals surface area contributed by atoms with E-state index in [1.807, 2.05) is 13.8 Å². The molecule has 1 heterocycles. The van der Waals surface area contributed by atoms with Gasteiger partial charge in [0.1, 0.15) is 11.7 Å². The standard InChI is InChI=1S/C24H36O8/c1-9-21(6)12-16(28)24(29)22(7)15(27)10-11-20(4,5)18(22)17(30-13(2)25)19(31-14(3)26)23(24,8)32-21/h9,15,17-19,27,29H,1,10-12H2,2-8H3/t15-,17-,18-,19-,21-,22-,23+,24+/m0/s1. The second kappa shape index (κ2) is 7.37. The second-order valence-electron chi connectivity index (χ2n) is 10.9. The lowest BCUT2D eigenvalue weighted by molar-refractivity contribution is -0.370. The van der Waals surface area contributed by atoms with Gasteiger partial charge in [0, 0.05) is 31.6 Å². The number of ether oxygens (including phenoxy) is 3. The van der Waals surface area contributed by atoms with Crippen molar-refractivity contribution in [2.75, 3.05) is 0 Å². The normalized spacial score (nSPS) is 47.6. The van der Waals surface area contributed by atoms with Gasteiger partial charge in [-0.25, -0.2) is 0 Å². The van der Waals surface area contributed by atoms with Crippen molar-refractivity contribution in [2.24, 2.45) is 16.7 Å². The van der Waals surface area contributed by atoms with Crippen LogP contribution in [-0.2, 0) is 28.6 Å². The number of carbonyl (C=O) groups is 3. The van der Waals surface area contributed by atoms with E-state index in [0.29, 0.717) is 12.8 Å². The maximum Gasteiger partial charge on any atom is 0.303 e. The van der Waals surface area contributed by atoms with Gasteiger partial charge in [-0.2, -0.15) is 0 Å². The van der Waals surface area contributed by atoms with Gasteiger partial charge in [0.25, 0.3) is 0 Å². The molecule has 8 nitrogen and oxygen atoms in total. The first-order valence-corrected chi connectivity index (χ1v) is 11.1. The first kappa shape index (κ1) is 24.9. The largest absolute Gasteiger partial charge is 0.458 e. The van der Waals surface area contributed by atoms with E-state index >= 15 is 0 Å². The molecule has 2 aliphatic carbocycles. The summed E-state index contributed by atoms with van der Waals surface area (Å²) in [6.07, 6.45) is -1.22. The van der Waals surface area contributed by atoms with Gasteiger partial charge in [0.15, 0.2) is 17.5 Å². The first-order chi connectivity index (χ1) is 14.5. The Hall–Kier alpha value is -1.77. The van der Waals surface area contributed by atoms with E-state index < -0.39 is 69.6 Å². The van der Waals surface area contributed by atoms with E-state index in [0.717, 1.165) is 0 Å². The number of hydrogen-bond acceptors (Lipinski definition) is 8. The number of ketones is 1. The highest BCUT2D eigenvalue weighted by molar-refractivity contribution is 5.92. The van der Waals surface area contributed by atoms with Crippen molar-refractivity contribution in [3.05, 3.63) is 12.7 Å². The van der Waals surface area contributed by atoms with Crippen LogP contribution >= 0.6 is 0 Å². The average molecular weight is 453 g/mol. The van der Waals surface area contributed by atoms with Crippen LogP contribution in [0.2, 0.25) is 0 Å². The third kappa shape index (κ3) is 3.10. The van der Waals surface area contributed by atoms with Crippen LogP contribution in [0.5, 0.6) is 0 Å². The summed E-state index contributed by atoms with van der Waals surface area (Å²) >= 11 is 0. The fourth-order valence-electron chi connectivity index (χ4n) is 6.93. The van der Waals surface area contributed by atoms with Crippen molar-refractivity contribution >= 4 is 17.7 Å². The lowest BCUT2D eigenvalue weighted by atomic mass is 9.39. The maximum atomic E-state index is 13.8. The number of Topliss-reactive ketones (excluding diaryl/α,β-unsaturated/α-hetero) is 1. The van der Waals surface area contributed by atoms with Crippen LogP contribution < -0.4 is 0 Å². The molecule has 8 atom stereocenters. The molecule has 3 fully saturated rings. The van der Waals surface area contributed by atoms with Crippen LogP contribution in [0.4, 0.5) is 0 Å². The van der Waals surface area contributed by atoms with Gasteiger partial charge in [0.05, 0.1) is 11.7 Å². The quantitative estimate of drug-likeness (QED) is 0.493. The molecular formula is C24H36O8. The van der Waals surface area contributed by atoms with Gasteiger partial charge in [-0.05, 0) is 32.1 Å². The van der Waals surface area contributed by atoms with Crippen molar-refractivity contribution in [3.8, 4) is 0 Å². The number of carbonyl (C=O) groups excluding carboxylic acids is 3. The minimum atomic E-state index is -2.22. The first-order valence-electron chi connectivity index (χ1n) is 11.1. The van der Waals surface area contributed by atoms with Gasteiger partial charge in [0.2, 0.25) is 0 Å². The van der Waals surface area contributed by atoms with E-state index in [-0.39, 0.29) is 6.42 Å². The third-order valence-corrected chi connectivity index (χ3v) is 8.30. The number of esters is 2. The Morgan fingerprint density at radius 2 is 1.69 bits per heavy atom. The zero-order valence-electron chi connectivity index (χ0n) is 20.1. The van der Waals surface area contributed by atoms with Crippen molar-refractivity contribution in [2.45, 2.75) is 103 Å². The van der Waals surface area contributed by atoms with Crippen molar-refractivity contribution in [1.82, 2.24) is 0 Å². The summed E-state index contributed by atoms with van der Waals surface area (Å²) in [6, 6.07) is 0. The average Bonchev–Trinajstić information content (AvgIpc) is 2.65. The molecule has 8 heteroatoms. The smallest absolute Gasteiger partial charge is 0.303 e. The lowest BCUT2D eigenvalue weighted by Gasteiger charge is -2.71. The topological polar surface area (TPSA) is 119 Å². The molecule has 0 bridgehead atoms. The van der Waals surface area contributed by atoms with Crippen molar-refractivity contribution < 1.29 is 38.8 Å². The summed E-state index contributed by atoms with van der Waals surface area (Å²) in [5.74, 6) is -2.51. The minimum Gasteiger partial charge on any atom is -0.458 e. The molecule has 3 aliphatic rings. The molecule has 3 rings (SSSR count). The molecule has 1 saturated heterocycles. The van der Waals surface area contributed by atoms with Crippen LogP contribution in [0.3, 0.4) is 0 Å². The highest BCUT2D eigenvalue weighted by Crippen LogP contribution is 2.67. The Bertz CT molecular complexity index is 851. The fraction of sp³-hybridized carbons (Fsp3) is 0.792. The summed E-state index contributed by atoms with van der Waals surface area (Å²) in [4.78, 5) is 38.2. The van der Waals surface area contributed by atoms with Crippen molar-refractivity contribution in [3.63, 3.8) is 0 Å². The molecule has 0 aromatic carbocycles. The minimum absolute atomic E-state index is 0.164. The van der Waals surface area contributed by atoms with Gasteiger partial charge in [-0.15, -0.1) is 6.58 Å². The van der Waals surface area contributed by atoms with E-state index in [4.69, 9.17) is 14.2 Å². The maximum absolute atomic E-state index is 13.8. The Kier molecular flexibility index (Phi) is 5.72. The summed E-state index contributed by atoms with van der Waals surface area (Å²) in [7, 11) is 0. The molecule has 2 saturated carbocycles. The number of fused-ring (bicyclic) bond motifs is 3. The molecule has 0 aromatic heterocycles. The second-order valence-corrected chi connectivity index (χ2v) is 10.9. The predicted molar refractivity (Wildman–Crippen MR) is 114 cm³/mol. The summed E-state index contributed by atoms with van der Waals surface area (Å²) < 4.78 is 17.8. The van der Waals surface area contributed by atoms with Crippen LogP contribution in [0.1, 0.15) is 67.7 Å². The van der Waals surface area contributed by atoms with Gasteiger partial charge >= 0.3 is 11.9 Å². The number of aliphatic hydroxyl groups excluding tert-OH is 1. The predicted octanol–water partition coefficient (Wildman–Crippen LogP) is 2.09. The third-order valence-electron chi connectivity index (χ3n) is 8.30. The summed E-state index contributed by atoms with van der Waals surface area (Å²) in [6.45, 7) is 14.9. The van der Waals surface area contributed by atoms with E-state index in [1.165, 1.54) is 26.8 Å². The zero-order chi connectivity index (χ0) is 24.5. The Morgan fingerprint density at radius 1 is 1.12 bits per heavy atom. The SMILES string of the molecule is C=C[C@@]1(C)CC(=O)[C@@]2(O)[C@@]3(C)[C@@H](O)CCC(C)(C)[C@@H]3[C@H](OC(C)=O)[C@H](OC(C)=O)[C@@]2(C)O1. The molecule has 0 amide bonds. The fourth-order valence-corrected chi connectivity index (χ4v) is 6.93. The Morgan fingerprint density at radius 3 is 2.19 bits per heavy atom.